The number of hydrogen-bond donors (Lipinski definition) is 2. The summed E-state index contributed by atoms with van der Waals surface area (Å²) < 4.78 is 0. The van der Waals surface area contributed by atoms with Crippen molar-refractivity contribution in [2.24, 2.45) is 11.7 Å². The summed E-state index contributed by atoms with van der Waals surface area (Å²) in [4.78, 5) is 34.6. The molecule has 2 rings (SSSR count). The van der Waals surface area contributed by atoms with Gasteiger partial charge in [-0.15, -0.1) is 11.3 Å². The van der Waals surface area contributed by atoms with E-state index in [1.54, 1.807) is 0 Å². The van der Waals surface area contributed by atoms with Gasteiger partial charge >= 0.3 is 0 Å². The second-order valence-corrected chi connectivity index (χ2v) is 6.17. The number of carboxylic acids is 1. The zero-order chi connectivity index (χ0) is 15.6. The van der Waals surface area contributed by atoms with Crippen molar-refractivity contribution >= 4 is 34.1 Å². The van der Waals surface area contributed by atoms with Crippen LogP contribution in [0.1, 0.15) is 34.1 Å². The van der Waals surface area contributed by atoms with Crippen LogP contribution in [-0.2, 0) is 22.4 Å². The highest BCUT2D eigenvalue weighted by Crippen LogP contribution is 2.39. The minimum atomic E-state index is -1.46. The van der Waals surface area contributed by atoms with Crippen molar-refractivity contribution in [3.8, 4) is 0 Å². The van der Waals surface area contributed by atoms with Crippen molar-refractivity contribution in [3.63, 3.8) is 0 Å². The highest BCUT2D eigenvalue weighted by molar-refractivity contribution is 7.17. The average molecular weight is 307 g/mol. The zero-order valence-electron chi connectivity index (χ0n) is 11.5. The molecule has 0 fully saturated rings. The molecule has 7 heteroatoms. The summed E-state index contributed by atoms with van der Waals surface area (Å²) in [6, 6.07) is 0. The monoisotopic (exact) mass is 307 g/mol. The van der Waals surface area contributed by atoms with Gasteiger partial charge in [0, 0.05) is 11.0 Å². The van der Waals surface area contributed by atoms with Crippen LogP contribution in [0.25, 0.3) is 0 Å². The number of fused-ring (bicyclic) bond motifs is 1. The topological polar surface area (TPSA) is 112 Å². The molecule has 0 unspecified atom stereocenters. The maximum absolute atomic E-state index is 11.6. The van der Waals surface area contributed by atoms with Crippen LogP contribution in [0.15, 0.2) is 12.2 Å². The number of amides is 2. The normalized spacial score (nSPS) is 17.5. The number of nitrogens with one attached hydrogen (secondary N) is 1. The van der Waals surface area contributed by atoms with Crippen LogP contribution in [0.3, 0.4) is 0 Å². The number of aliphatic carboxylic acids is 1. The number of hydrogen-bond acceptors (Lipinski definition) is 5. The van der Waals surface area contributed by atoms with Gasteiger partial charge in [-0.2, -0.15) is 0 Å². The van der Waals surface area contributed by atoms with E-state index >= 15 is 0 Å². The standard InChI is InChI=1S/C14H16N2O4S/c1-7-2-3-8-9(6-7)21-14(12(8)13(15)20)16-10(17)4-5-11(18)19/h4-5,7H,2-3,6H2,1H3,(H2,15,20)(H,16,17)(H,18,19)/p-1/b5-4+/t7-/m0/s1. The van der Waals surface area contributed by atoms with Crippen molar-refractivity contribution in [2.45, 2.75) is 26.2 Å². The lowest BCUT2D eigenvalue weighted by Gasteiger charge is -2.18. The van der Waals surface area contributed by atoms with E-state index in [2.05, 4.69) is 12.2 Å². The second-order valence-electron chi connectivity index (χ2n) is 5.06. The summed E-state index contributed by atoms with van der Waals surface area (Å²) in [6.07, 6.45) is 4.07. The molecule has 1 aromatic heterocycles. The fourth-order valence-electron chi connectivity index (χ4n) is 2.40. The average Bonchev–Trinajstić information content (AvgIpc) is 2.73. The first kappa shape index (κ1) is 15.2. The van der Waals surface area contributed by atoms with Gasteiger partial charge in [0.1, 0.15) is 5.00 Å². The smallest absolute Gasteiger partial charge is 0.251 e. The maximum Gasteiger partial charge on any atom is 0.251 e. The van der Waals surface area contributed by atoms with Crippen molar-refractivity contribution < 1.29 is 19.5 Å². The first-order valence-electron chi connectivity index (χ1n) is 6.53. The zero-order valence-corrected chi connectivity index (χ0v) is 12.3. The second kappa shape index (κ2) is 6.09. The molecule has 1 aliphatic carbocycles. The third-order valence-electron chi connectivity index (χ3n) is 3.37. The van der Waals surface area contributed by atoms with E-state index in [0.29, 0.717) is 22.6 Å². The quantitative estimate of drug-likeness (QED) is 0.774. The minimum Gasteiger partial charge on any atom is -0.545 e. The van der Waals surface area contributed by atoms with E-state index in [-0.39, 0.29) is 0 Å². The Bertz CT molecular complexity index is 633. The molecule has 2 amide bonds. The van der Waals surface area contributed by atoms with Crippen LogP contribution in [0.4, 0.5) is 5.00 Å². The molecule has 1 heterocycles. The Morgan fingerprint density at radius 1 is 1.38 bits per heavy atom. The number of rotatable bonds is 4. The third-order valence-corrected chi connectivity index (χ3v) is 4.54. The summed E-state index contributed by atoms with van der Waals surface area (Å²) >= 11 is 1.33. The first-order chi connectivity index (χ1) is 9.88. The Kier molecular flexibility index (Phi) is 4.42. The minimum absolute atomic E-state index is 0.345. The van der Waals surface area contributed by atoms with Gasteiger partial charge in [-0.25, -0.2) is 0 Å². The Balaban J connectivity index is 2.29. The molecule has 0 bridgehead atoms. The van der Waals surface area contributed by atoms with Gasteiger partial charge in [-0.05, 0) is 36.8 Å². The predicted octanol–water partition coefficient (Wildman–Crippen LogP) is 0.216. The Hall–Kier alpha value is -2.15. The highest BCUT2D eigenvalue weighted by Gasteiger charge is 2.26. The molecule has 6 nitrogen and oxygen atoms in total. The van der Waals surface area contributed by atoms with E-state index in [1.807, 2.05) is 0 Å². The molecule has 3 N–H and O–H groups in total. The molecule has 0 spiro atoms. The number of thiophene rings is 1. The molecular weight excluding hydrogens is 292 g/mol. The Morgan fingerprint density at radius 2 is 2.10 bits per heavy atom. The SMILES string of the molecule is C[C@H]1CCc2c(sc(NC(=O)/C=C/C(=O)[O-])c2C(N)=O)C1. The van der Waals surface area contributed by atoms with Crippen LogP contribution in [0, 0.1) is 5.92 Å². The highest BCUT2D eigenvalue weighted by atomic mass is 32.1. The molecule has 0 aliphatic heterocycles. The number of primary amides is 1. The molecule has 0 saturated heterocycles. The number of carbonyl (C=O) groups is 3. The molecule has 1 atom stereocenters. The number of carbonyl (C=O) groups excluding carboxylic acids is 3. The van der Waals surface area contributed by atoms with Crippen LogP contribution >= 0.6 is 11.3 Å². The number of anilines is 1. The lowest BCUT2D eigenvalue weighted by Crippen LogP contribution is -2.21. The van der Waals surface area contributed by atoms with Gasteiger partial charge in [0.15, 0.2) is 0 Å². The number of carboxylic acid groups (broad SMARTS) is 1. The fraction of sp³-hybridized carbons (Fsp3) is 0.357. The summed E-state index contributed by atoms with van der Waals surface area (Å²) in [6.45, 7) is 2.13. The number of nitrogens with two attached hydrogens (primary N) is 1. The lowest BCUT2D eigenvalue weighted by atomic mass is 9.88. The predicted molar refractivity (Wildman–Crippen MR) is 76.8 cm³/mol. The molecule has 0 radical (unpaired) electrons. The first-order valence-corrected chi connectivity index (χ1v) is 7.34. The van der Waals surface area contributed by atoms with Crippen LogP contribution < -0.4 is 16.2 Å². The van der Waals surface area contributed by atoms with E-state index in [9.17, 15) is 19.5 Å². The van der Waals surface area contributed by atoms with Crippen molar-refractivity contribution in [1.29, 1.82) is 0 Å². The Labute approximate surface area is 125 Å². The maximum atomic E-state index is 11.6. The van der Waals surface area contributed by atoms with Gasteiger partial charge in [-0.1, -0.05) is 6.92 Å². The molecule has 0 saturated carbocycles. The van der Waals surface area contributed by atoms with Crippen molar-refractivity contribution in [1.82, 2.24) is 0 Å². The third kappa shape index (κ3) is 3.49. The van der Waals surface area contributed by atoms with Crippen LogP contribution in [0.5, 0.6) is 0 Å². The summed E-state index contributed by atoms with van der Waals surface area (Å²) in [5, 5.41) is 13.2. The molecule has 0 aromatic carbocycles. The van der Waals surface area contributed by atoms with Gasteiger partial charge in [-0.3, -0.25) is 9.59 Å². The molecule has 1 aromatic rings. The van der Waals surface area contributed by atoms with E-state index in [4.69, 9.17) is 5.73 Å². The summed E-state index contributed by atoms with van der Waals surface area (Å²) in [5.41, 5.74) is 6.66. The van der Waals surface area contributed by atoms with Gasteiger partial charge < -0.3 is 21.0 Å². The largest absolute Gasteiger partial charge is 0.545 e. The van der Waals surface area contributed by atoms with E-state index < -0.39 is 17.8 Å². The Morgan fingerprint density at radius 3 is 2.71 bits per heavy atom. The van der Waals surface area contributed by atoms with E-state index in [1.165, 1.54) is 11.3 Å². The molecular formula is C14H15N2O4S-. The molecule has 1 aliphatic rings. The summed E-state index contributed by atoms with van der Waals surface area (Å²) in [7, 11) is 0. The molecule has 21 heavy (non-hydrogen) atoms. The van der Waals surface area contributed by atoms with E-state index in [0.717, 1.165) is 35.8 Å². The van der Waals surface area contributed by atoms with Gasteiger partial charge in [0.25, 0.3) is 5.91 Å². The van der Waals surface area contributed by atoms with Gasteiger partial charge in [0.05, 0.1) is 11.5 Å². The van der Waals surface area contributed by atoms with Crippen LogP contribution in [0.2, 0.25) is 0 Å². The molecule has 112 valence electrons. The van der Waals surface area contributed by atoms with Gasteiger partial charge in [0.2, 0.25) is 5.91 Å². The van der Waals surface area contributed by atoms with Crippen LogP contribution in [-0.4, -0.2) is 17.8 Å². The van der Waals surface area contributed by atoms with Crippen molar-refractivity contribution in [2.75, 3.05) is 5.32 Å². The summed E-state index contributed by atoms with van der Waals surface area (Å²) in [5.74, 6) is -2.15. The van der Waals surface area contributed by atoms with Crippen molar-refractivity contribution in [3.05, 3.63) is 28.2 Å². The fourth-order valence-corrected chi connectivity index (χ4v) is 3.82. The lowest BCUT2D eigenvalue weighted by molar-refractivity contribution is -0.297.